The molecule has 4 heteroatoms. The van der Waals surface area contributed by atoms with E-state index in [9.17, 15) is 0 Å². The van der Waals surface area contributed by atoms with Gasteiger partial charge in [0.15, 0.2) is 5.82 Å². The first-order chi connectivity index (χ1) is 7.16. The number of nitrogens with one attached hydrogen (secondary N) is 2. The number of H-pyrrole nitrogens is 2. The number of hydrogen-bond acceptors (Lipinski definition) is 2. The molecule has 1 aromatic heterocycles. The Kier molecular flexibility index (Phi) is 2.68. The Morgan fingerprint density at radius 1 is 1.13 bits per heavy atom. The molecule has 0 aliphatic carbocycles. The largest absolute Gasteiger partial charge is 0.282 e. The molecule has 0 atom stereocenters. The number of benzene rings is 1. The van der Waals surface area contributed by atoms with Gasteiger partial charge in [0.1, 0.15) is 0 Å². The van der Waals surface area contributed by atoms with E-state index in [1.54, 1.807) is 0 Å². The van der Waals surface area contributed by atoms with Crippen molar-refractivity contribution in [3.05, 3.63) is 34.6 Å². The van der Waals surface area contributed by atoms with Crippen LogP contribution in [-0.4, -0.2) is 15.2 Å². The SMILES string of the molecule is CC(C)c1ccc(-c2nc(=S)[nH][nH]2)cc1. The molecule has 0 fully saturated rings. The molecule has 0 spiro atoms. The molecule has 1 heterocycles. The molecule has 0 bridgehead atoms. The minimum Gasteiger partial charge on any atom is -0.282 e. The van der Waals surface area contributed by atoms with Crippen LogP contribution in [0.2, 0.25) is 0 Å². The molecule has 0 amide bonds. The van der Waals surface area contributed by atoms with Gasteiger partial charge in [-0.15, -0.1) is 0 Å². The third-order valence-electron chi connectivity index (χ3n) is 2.35. The summed E-state index contributed by atoms with van der Waals surface area (Å²) in [7, 11) is 0. The van der Waals surface area contributed by atoms with Crippen molar-refractivity contribution in [2.45, 2.75) is 19.8 Å². The fourth-order valence-corrected chi connectivity index (χ4v) is 1.58. The summed E-state index contributed by atoms with van der Waals surface area (Å²) < 4.78 is 0.484. The summed E-state index contributed by atoms with van der Waals surface area (Å²) >= 11 is 4.90. The third-order valence-corrected chi connectivity index (χ3v) is 2.55. The van der Waals surface area contributed by atoms with Gasteiger partial charge in [0, 0.05) is 5.56 Å². The van der Waals surface area contributed by atoms with E-state index >= 15 is 0 Å². The second-order valence-corrected chi connectivity index (χ2v) is 4.18. The fraction of sp³-hybridized carbons (Fsp3) is 0.273. The summed E-state index contributed by atoms with van der Waals surface area (Å²) in [6, 6.07) is 8.34. The van der Waals surface area contributed by atoms with Crippen LogP contribution in [0.15, 0.2) is 24.3 Å². The monoisotopic (exact) mass is 219 g/mol. The lowest BCUT2D eigenvalue weighted by atomic mass is 10.0. The van der Waals surface area contributed by atoms with Crippen molar-refractivity contribution < 1.29 is 0 Å². The Bertz CT molecular complexity index is 493. The Labute approximate surface area is 93.6 Å². The highest BCUT2D eigenvalue weighted by molar-refractivity contribution is 7.71. The normalized spacial score (nSPS) is 10.9. The van der Waals surface area contributed by atoms with Crippen molar-refractivity contribution in [1.29, 1.82) is 0 Å². The van der Waals surface area contributed by atoms with Gasteiger partial charge in [0.25, 0.3) is 0 Å². The van der Waals surface area contributed by atoms with Gasteiger partial charge in [-0.1, -0.05) is 38.1 Å². The minimum absolute atomic E-state index is 0.484. The minimum atomic E-state index is 0.484. The van der Waals surface area contributed by atoms with Crippen LogP contribution in [0.1, 0.15) is 25.3 Å². The molecule has 0 aliphatic heterocycles. The maximum atomic E-state index is 4.90. The summed E-state index contributed by atoms with van der Waals surface area (Å²) in [5.41, 5.74) is 2.37. The number of aromatic nitrogens is 3. The van der Waals surface area contributed by atoms with E-state index in [1.807, 2.05) is 0 Å². The predicted molar refractivity (Wildman–Crippen MR) is 63.3 cm³/mol. The fourth-order valence-electron chi connectivity index (χ4n) is 1.43. The first-order valence-electron chi connectivity index (χ1n) is 4.92. The average Bonchev–Trinajstić information content (AvgIpc) is 2.65. The molecular formula is C11H13N3S. The molecule has 15 heavy (non-hydrogen) atoms. The molecule has 2 rings (SSSR count). The zero-order valence-electron chi connectivity index (χ0n) is 8.74. The first kappa shape index (κ1) is 10.1. The van der Waals surface area contributed by atoms with E-state index in [2.05, 4.69) is 53.3 Å². The third kappa shape index (κ3) is 2.15. The van der Waals surface area contributed by atoms with Crippen molar-refractivity contribution in [2.24, 2.45) is 0 Å². The van der Waals surface area contributed by atoms with Crippen LogP contribution >= 0.6 is 12.2 Å². The summed E-state index contributed by atoms with van der Waals surface area (Å²) in [5, 5.41) is 5.71. The standard InChI is InChI=1S/C11H13N3S/c1-7(2)8-3-5-9(6-4-8)10-12-11(15)14-13-10/h3-7H,1-2H3,(H2,12,13,14,15). The number of nitrogens with zero attached hydrogens (tertiary/aromatic N) is 1. The first-order valence-corrected chi connectivity index (χ1v) is 5.32. The van der Waals surface area contributed by atoms with Gasteiger partial charge >= 0.3 is 0 Å². The van der Waals surface area contributed by atoms with Gasteiger partial charge in [-0.3, -0.25) is 10.2 Å². The summed E-state index contributed by atoms with van der Waals surface area (Å²) in [5.74, 6) is 1.34. The molecule has 3 nitrogen and oxygen atoms in total. The Hall–Kier alpha value is -1.42. The summed E-state index contributed by atoms with van der Waals surface area (Å²) in [4.78, 5) is 4.16. The van der Waals surface area contributed by atoms with Crippen molar-refractivity contribution in [3.63, 3.8) is 0 Å². The van der Waals surface area contributed by atoms with Crippen molar-refractivity contribution in [1.82, 2.24) is 15.2 Å². The summed E-state index contributed by atoms with van der Waals surface area (Å²) in [6.45, 7) is 4.36. The lowest BCUT2D eigenvalue weighted by Crippen LogP contribution is -1.87. The maximum absolute atomic E-state index is 4.90. The van der Waals surface area contributed by atoms with E-state index in [-0.39, 0.29) is 0 Å². The maximum Gasteiger partial charge on any atom is 0.213 e. The second kappa shape index (κ2) is 3.98. The Morgan fingerprint density at radius 3 is 2.27 bits per heavy atom. The zero-order valence-corrected chi connectivity index (χ0v) is 9.56. The Morgan fingerprint density at radius 2 is 1.80 bits per heavy atom. The van der Waals surface area contributed by atoms with Crippen LogP contribution in [0.5, 0.6) is 0 Å². The van der Waals surface area contributed by atoms with Gasteiger partial charge < -0.3 is 0 Å². The van der Waals surface area contributed by atoms with Gasteiger partial charge in [-0.05, 0) is 23.7 Å². The average molecular weight is 219 g/mol. The van der Waals surface area contributed by atoms with Crippen molar-refractivity contribution in [3.8, 4) is 11.4 Å². The van der Waals surface area contributed by atoms with Crippen molar-refractivity contribution >= 4 is 12.2 Å². The summed E-state index contributed by atoms with van der Waals surface area (Å²) in [6.07, 6.45) is 0. The molecule has 0 saturated heterocycles. The molecule has 0 aliphatic rings. The topological polar surface area (TPSA) is 44.5 Å². The van der Waals surface area contributed by atoms with Crippen LogP contribution in [0.25, 0.3) is 11.4 Å². The van der Waals surface area contributed by atoms with Crippen LogP contribution < -0.4 is 0 Å². The van der Waals surface area contributed by atoms with Crippen LogP contribution in [-0.2, 0) is 0 Å². The van der Waals surface area contributed by atoms with E-state index < -0.39 is 0 Å². The second-order valence-electron chi connectivity index (χ2n) is 3.79. The lowest BCUT2D eigenvalue weighted by molar-refractivity contribution is 0.867. The van der Waals surface area contributed by atoms with Gasteiger partial charge in [0.05, 0.1) is 0 Å². The van der Waals surface area contributed by atoms with Gasteiger partial charge in [0.2, 0.25) is 4.77 Å². The van der Waals surface area contributed by atoms with Gasteiger partial charge in [-0.25, -0.2) is 0 Å². The highest BCUT2D eigenvalue weighted by Gasteiger charge is 2.02. The van der Waals surface area contributed by atoms with Gasteiger partial charge in [-0.2, -0.15) is 4.98 Å². The molecule has 0 radical (unpaired) electrons. The quantitative estimate of drug-likeness (QED) is 0.761. The Balaban J connectivity index is 2.35. The molecule has 2 N–H and O–H groups in total. The molecule has 2 aromatic rings. The number of aromatic amines is 2. The highest BCUT2D eigenvalue weighted by atomic mass is 32.1. The molecular weight excluding hydrogens is 206 g/mol. The van der Waals surface area contributed by atoms with E-state index in [0.29, 0.717) is 10.7 Å². The zero-order chi connectivity index (χ0) is 10.8. The molecule has 0 saturated carbocycles. The van der Waals surface area contributed by atoms with E-state index in [0.717, 1.165) is 11.4 Å². The molecule has 0 unspecified atom stereocenters. The number of rotatable bonds is 2. The van der Waals surface area contributed by atoms with Crippen molar-refractivity contribution in [2.75, 3.05) is 0 Å². The molecule has 78 valence electrons. The van der Waals surface area contributed by atoms with Crippen LogP contribution in [0.4, 0.5) is 0 Å². The van der Waals surface area contributed by atoms with Crippen LogP contribution in [0.3, 0.4) is 0 Å². The van der Waals surface area contributed by atoms with Crippen LogP contribution in [0, 0.1) is 4.77 Å². The highest BCUT2D eigenvalue weighted by Crippen LogP contribution is 2.19. The lowest BCUT2D eigenvalue weighted by Gasteiger charge is -2.04. The van der Waals surface area contributed by atoms with E-state index in [1.165, 1.54) is 5.56 Å². The predicted octanol–water partition coefficient (Wildman–Crippen LogP) is 3.26. The van der Waals surface area contributed by atoms with E-state index in [4.69, 9.17) is 12.2 Å². The molecule has 1 aromatic carbocycles. The number of hydrogen-bond donors (Lipinski definition) is 2. The smallest absolute Gasteiger partial charge is 0.213 e.